The minimum atomic E-state index is -3.95. The van der Waals surface area contributed by atoms with Gasteiger partial charge in [0.05, 0.1) is 23.3 Å². The molecule has 156 valence electrons. The lowest BCUT2D eigenvalue weighted by atomic mass is 10.2. The summed E-state index contributed by atoms with van der Waals surface area (Å²) in [6.45, 7) is 5.29. The third kappa shape index (κ3) is 5.95. The number of ether oxygens (including phenoxy) is 2. The van der Waals surface area contributed by atoms with Crippen LogP contribution in [-0.4, -0.2) is 39.5 Å². The van der Waals surface area contributed by atoms with Crippen LogP contribution >= 0.6 is 0 Å². The summed E-state index contributed by atoms with van der Waals surface area (Å²) < 4.78 is 37.9. The average molecular weight is 420 g/mol. The molecule has 0 saturated heterocycles. The van der Waals surface area contributed by atoms with Crippen molar-refractivity contribution in [2.75, 3.05) is 11.8 Å². The summed E-state index contributed by atoms with van der Waals surface area (Å²) in [6.07, 6.45) is -0.732. The molecule has 2 rings (SSSR count). The number of nitrogens with one attached hydrogen (secondary N) is 2. The van der Waals surface area contributed by atoms with Crippen LogP contribution in [0.25, 0.3) is 0 Å². The fraction of sp³-hybridized carbons (Fsp3) is 0.300. The van der Waals surface area contributed by atoms with Crippen molar-refractivity contribution < 1.29 is 27.5 Å². The van der Waals surface area contributed by atoms with Gasteiger partial charge in [-0.15, -0.1) is 0 Å². The summed E-state index contributed by atoms with van der Waals surface area (Å²) in [6, 6.07) is 11.7. The van der Waals surface area contributed by atoms with E-state index >= 15 is 0 Å². The third-order valence-corrected chi connectivity index (χ3v) is 5.21. The smallest absolute Gasteiger partial charge is 0.339 e. The predicted molar refractivity (Wildman–Crippen MR) is 108 cm³/mol. The van der Waals surface area contributed by atoms with Crippen LogP contribution in [0.5, 0.6) is 5.75 Å². The summed E-state index contributed by atoms with van der Waals surface area (Å²) in [5.41, 5.74) is 0.210. The largest absolute Gasteiger partial charge is 0.481 e. The Morgan fingerprint density at radius 2 is 1.59 bits per heavy atom. The number of carbonyl (C=O) groups is 2. The summed E-state index contributed by atoms with van der Waals surface area (Å²) in [5, 5.41) is 2.74. The van der Waals surface area contributed by atoms with E-state index in [9.17, 15) is 18.0 Å². The van der Waals surface area contributed by atoms with Gasteiger partial charge in [-0.1, -0.05) is 12.1 Å². The van der Waals surface area contributed by atoms with E-state index in [4.69, 9.17) is 4.74 Å². The molecule has 0 aliphatic carbocycles. The second-order valence-electron chi connectivity index (χ2n) is 6.54. The Balaban J connectivity index is 2.15. The van der Waals surface area contributed by atoms with Gasteiger partial charge in [0.15, 0.2) is 6.10 Å². The number of benzene rings is 2. The van der Waals surface area contributed by atoms with Gasteiger partial charge in [-0.05, 0) is 57.2 Å². The first kappa shape index (κ1) is 22.2. The summed E-state index contributed by atoms with van der Waals surface area (Å²) in [4.78, 5) is 23.7. The third-order valence-electron chi connectivity index (χ3n) is 3.82. The first-order valence-electron chi connectivity index (χ1n) is 8.91. The molecule has 0 unspecified atom stereocenters. The fourth-order valence-corrected chi connectivity index (χ4v) is 3.50. The van der Waals surface area contributed by atoms with Crippen LogP contribution < -0.4 is 14.8 Å². The summed E-state index contributed by atoms with van der Waals surface area (Å²) in [5.74, 6) is -0.566. The van der Waals surface area contributed by atoms with E-state index in [1.165, 1.54) is 43.5 Å². The van der Waals surface area contributed by atoms with Crippen LogP contribution in [0.1, 0.15) is 31.1 Å². The molecule has 2 aromatic rings. The van der Waals surface area contributed by atoms with E-state index < -0.39 is 22.1 Å². The standard InChI is InChI=1S/C20H24N2O6S/c1-13(2)21-19(23)14(3)28-15-9-11-16(12-10-15)29(25,26)22-18-8-6-5-7-17(18)20(24)27-4/h5-14,22H,1-4H3,(H,21,23)/t14-/m0/s1. The van der Waals surface area contributed by atoms with E-state index in [1.54, 1.807) is 19.1 Å². The van der Waals surface area contributed by atoms with Crippen molar-refractivity contribution >= 4 is 27.6 Å². The quantitative estimate of drug-likeness (QED) is 0.635. The van der Waals surface area contributed by atoms with Crippen LogP contribution in [-0.2, 0) is 19.6 Å². The second-order valence-corrected chi connectivity index (χ2v) is 8.22. The number of esters is 1. The van der Waals surface area contributed by atoms with Crippen LogP contribution in [0.15, 0.2) is 53.4 Å². The highest BCUT2D eigenvalue weighted by molar-refractivity contribution is 7.92. The molecule has 0 fully saturated rings. The number of rotatable bonds is 8. The van der Waals surface area contributed by atoms with Gasteiger partial charge < -0.3 is 14.8 Å². The first-order chi connectivity index (χ1) is 13.6. The van der Waals surface area contributed by atoms with Gasteiger partial charge in [-0.3, -0.25) is 9.52 Å². The van der Waals surface area contributed by atoms with Gasteiger partial charge in [0.2, 0.25) is 0 Å². The topological polar surface area (TPSA) is 111 Å². The van der Waals surface area contributed by atoms with E-state index in [1.807, 2.05) is 13.8 Å². The zero-order valence-electron chi connectivity index (χ0n) is 16.6. The molecule has 9 heteroatoms. The second kappa shape index (κ2) is 9.42. The Kier molecular flexibility index (Phi) is 7.22. The summed E-state index contributed by atoms with van der Waals surface area (Å²) in [7, 11) is -2.73. The molecular weight excluding hydrogens is 396 g/mol. The van der Waals surface area contributed by atoms with E-state index in [-0.39, 0.29) is 28.1 Å². The van der Waals surface area contributed by atoms with Gasteiger partial charge in [-0.2, -0.15) is 0 Å². The zero-order chi connectivity index (χ0) is 21.6. The highest BCUT2D eigenvalue weighted by atomic mass is 32.2. The molecule has 0 bridgehead atoms. The van der Waals surface area contributed by atoms with Crippen LogP contribution in [0.3, 0.4) is 0 Å². The lowest BCUT2D eigenvalue weighted by Gasteiger charge is -2.17. The van der Waals surface area contributed by atoms with Crippen LogP contribution in [0.4, 0.5) is 5.69 Å². The molecule has 0 spiro atoms. The van der Waals surface area contributed by atoms with Crippen molar-refractivity contribution in [1.82, 2.24) is 5.32 Å². The van der Waals surface area contributed by atoms with E-state index in [2.05, 4.69) is 14.8 Å². The number of amides is 1. The number of methoxy groups -OCH3 is 1. The molecule has 8 nitrogen and oxygen atoms in total. The molecule has 2 aromatic carbocycles. The van der Waals surface area contributed by atoms with E-state index in [0.29, 0.717) is 5.75 Å². The molecule has 0 radical (unpaired) electrons. The normalized spacial score (nSPS) is 12.2. The number of sulfonamides is 1. The maximum Gasteiger partial charge on any atom is 0.339 e. The number of hydrogen-bond donors (Lipinski definition) is 2. The number of hydrogen-bond acceptors (Lipinski definition) is 6. The number of anilines is 1. The Labute approximate surface area is 170 Å². The molecule has 0 aromatic heterocycles. The van der Waals surface area contributed by atoms with Crippen molar-refractivity contribution in [2.45, 2.75) is 37.8 Å². The lowest BCUT2D eigenvalue weighted by Crippen LogP contribution is -2.40. The van der Waals surface area contributed by atoms with Gasteiger partial charge in [0.1, 0.15) is 5.75 Å². The first-order valence-corrected chi connectivity index (χ1v) is 10.4. The van der Waals surface area contributed by atoms with Crippen molar-refractivity contribution in [3.05, 3.63) is 54.1 Å². The van der Waals surface area contributed by atoms with Crippen molar-refractivity contribution in [2.24, 2.45) is 0 Å². The Morgan fingerprint density at radius 1 is 0.966 bits per heavy atom. The minimum absolute atomic E-state index is 0.0139. The van der Waals surface area contributed by atoms with E-state index in [0.717, 1.165) is 0 Å². The highest BCUT2D eigenvalue weighted by Gasteiger charge is 2.20. The Morgan fingerprint density at radius 3 is 2.17 bits per heavy atom. The molecule has 29 heavy (non-hydrogen) atoms. The van der Waals surface area contributed by atoms with Gasteiger partial charge in [0, 0.05) is 6.04 Å². The maximum absolute atomic E-state index is 12.7. The summed E-state index contributed by atoms with van der Waals surface area (Å²) >= 11 is 0. The fourth-order valence-electron chi connectivity index (χ4n) is 2.42. The van der Waals surface area contributed by atoms with Crippen LogP contribution in [0.2, 0.25) is 0 Å². The molecule has 0 aliphatic rings. The van der Waals surface area contributed by atoms with Crippen molar-refractivity contribution in [3.63, 3.8) is 0 Å². The van der Waals surface area contributed by atoms with Gasteiger partial charge in [0.25, 0.3) is 15.9 Å². The van der Waals surface area contributed by atoms with Crippen molar-refractivity contribution in [1.29, 1.82) is 0 Å². The molecule has 0 heterocycles. The molecule has 0 aliphatic heterocycles. The van der Waals surface area contributed by atoms with Crippen molar-refractivity contribution in [3.8, 4) is 5.75 Å². The monoisotopic (exact) mass is 420 g/mol. The van der Waals surface area contributed by atoms with Gasteiger partial charge in [-0.25, -0.2) is 13.2 Å². The molecule has 2 N–H and O–H groups in total. The van der Waals surface area contributed by atoms with Crippen LogP contribution in [0, 0.1) is 0 Å². The average Bonchev–Trinajstić information content (AvgIpc) is 2.67. The zero-order valence-corrected chi connectivity index (χ0v) is 17.4. The Bertz CT molecular complexity index is 971. The lowest BCUT2D eigenvalue weighted by molar-refractivity contribution is -0.127. The molecule has 0 saturated carbocycles. The minimum Gasteiger partial charge on any atom is -0.481 e. The molecule has 1 amide bonds. The SMILES string of the molecule is COC(=O)c1ccccc1NS(=O)(=O)c1ccc(O[C@@H](C)C(=O)NC(C)C)cc1. The maximum atomic E-state index is 12.7. The molecule has 1 atom stereocenters. The number of carbonyl (C=O) groups excluding carboxylic acids is 2. The molecular formula is C20H24N2O6S. The number of para-hydroxylation sites is 1. The predicted octanol–water partition coefficient (Wildman–Crippen LogP) is 2.57. The highest BCUT2D eigenvalue weighted by Crippen LogP contribution is 2.23. The Hall–Kier alpha value is -3.07. The van der Waals surface area contributed by atoms with Gasteiger partial charge >= 0.3 is 5.97 Å².